The largest absolute Gasteiger partial charge is 0.465 e. The van der Waals surface area contributed by atoms with Crippen molar-refractivity contribution in [3.63, 3.8) is 0 Å². The van der Waals surface area contributed by atoms with Crippen LogP contribution in [0.2, 0.25) is 0 Å². The summed E-state index contributed by atoms with van der Waals surface area (Å²) in [5.74, 6) is -0.320. The molecule has 0 radical (unpaired) electrons. The minimum Gasteiger partial charge on any atom is -0.465 e. The molecule has 1 aromatic rings. The average Bonchev–Trinajstić information content (AvgIpc) is 2.86. The van der Waals surface area contributed by atoms with Crippen LogP contribution >= 0.6 is 11.3 Å². The van der Waals surface area contributed by atoms with Gasteiger partial charge >= 0.3 is 5.97 Å². The third-order valence-electron chi connectivity index (χ3n) is 1.87. The summed E-state index contributed by atoms with van der Waals surface area (Å²) >= 11 is 1.34. The van der Waals surface area contributed by atoms with Gasteiger partial charge in [0.25, 0.3) is 0 Å². The van der Waals surface area contributed by atoms with E-state index in [4.69, 9.17) is 9.47 Å². The molecule has 0 spiro atoms. The molecule has 2 heterocycles. The van der Waals surface area contributed by atoms with Gasteiger partial charge in [-0.25, -0.2) is 4.79 Å². The van der Waals surface area contributed by atoms with Gasteiger partial charge in [0.1, 0.15) is 4.88 Å². The lowest BCUT2D eigenvalue weighted by Gasteiger charge is -2.04. The van der Waals surface area contributed by atoms with Crippen molar-refractivity contribution >= 4 is 17.3 Å². The number of esters is 1. The normalized spacial score (nSPS) is 17.2. The molecule has 0 N–H and O–H groups in total. The minimum absolute atomic E-state index is 0.307. The van der Waals surface area contributed by atoms with Crippen molar-refractivity contribution in [2.24, 2.45) is 0 Å². The number of ether oxygens (including phenoxy) is 3. The predicted octanol–water partition coefficient (Wildman–Crippen LogP) is 1.58. The third kappa shape index (κ3) is 1.79. The first-order valence-corrected chi connectivity index (χ1v) is 5.04. The summed E-state index contributed by atoms with van der Waals surface area (Å²) in [5, 5.41) is 0. The number of hydrogen-bond donors (Lipinski definition) is 0. The van der Waals surface area contributed by atoms with E-state index < -0.39 is 0 Å². The maximum absolute atomic E-state index is 11.1. The standard InChI is InChI=1S/C9H10O4S/c1-11-8(10)6-2-3-7(14-6)9-12-4-5-13-9/h2-3,9H,4-5H2,1H3. The number of rotatable bonds is 2. The van der Waals surface area contributed by atoms with Gasteiger partial charge in [0.05, 0.1) is 25.2 Å². The second-order valence-corrected chi connectivity index (χ2v) is 3.88. The Morgan fingerprint density at radius 2 is 2.21 bits per heavy atom. The van der Waals surface area contributed by atoms with Crippen molar-refractivity contribution in [3.8, 4) is 0 Å². The number of thiophene rings is 1. The molecule has 1 saturated heterocycles. The van der Waals surface area contributed by atoms with Crippen LogP contribution in [0.4, 0.5) is 0 Å². The lowest BCUT2D eigenvalue weighted by atomic mass is 10.4. The van der Waals surface area contributed by atoms with Crippen LogP contribution in [0.15, 0.2) is 12.1 Å². The fraction of sp³-hybridized carbons (Fsp3) is 0.444. The maximum Gasteiger partial charge on any atom is 0.348 e. The van der Waals surface area contributed by atoms with Gasteiger partial charge in [0.2, 0.25) is 0 Å². The molecule has 1 aliphatic rings. The highest BCUT2D eigenvalue weighted by Gasteiger charge is 2.21. The molecule has 2 rings (SSSR count). The monoisotopic (exact) mass is 214 g/mol. The lowest BCUT2D eigenvalue weighted by molar-refractivity contribution is -0.0413. The van der Waals surface area contributed by atoms with E-state index in [-0.39, 0.29) is 12.3 Å². The zero-order valence-electron chi connectivity index (χ0n) is 7.69. The maximum atomic E-state index is 11.1. The topological polar surface area (TPSA) is 44.8 Å². The second kappa shape index (κ2) is 4.08. The summed E-state index contributed by atoms with van der Waals surface area (Å²) in [5.41, 5.74) is 0. The highest BCUT2D eigenvalue weighted by molar-refractivity contribution is 7.14. The van der Waals surface area contributed by atoms with Crippen molar-refractivity contribution in [2.45, 2.75) is 6.29 Å². The fourth-order valence-corrected chi connectivity index (χ4v) is 2.14. The van der Waals surface area contributed by atoms with Crippen molar-refractivity contribution in [3.05, 3.63) is 21.9 Å². The first-order chi connectivity index (χ1) is 6.81. The van der Waals surface area contributed by atoms with Crippen molar-refractivity contribution in [2.75, 3.05) is 20.3 Å². The van der Waals surface area contributed by atoms with E-state index in [1.807, 2.05) is 6.07 Å². The van der Waals surface area contributed by atoms with Gasteiger partial charge in [0, 0.05) is 0 Å². The Morgan fingerprint density at radius 3 is 2.86 bits per heavy atom. The number of methoxy groups -OCH3 is 1. The molecule has 0 saturated carbocycles. The van der Waals surface area contributed by atoms with Crippen LogP contribution in [0.25, 0.3) is 0 Å². The third-order valence-corrected chi connectivity index (χ3v) is 2.95. The summed E-state index contributed by atoms with van der Waals surface area (Å²) < 4.78 is 15.2. The summed E-state index contributed by atoms with van der Waals surface area (Å²) in [6.45, 7) is 1.21. The molecular weight excluding hydrogens is 204 g/mol. The zero-order chi connectivity index (χ0) is 9.97. The van der Waals surface area contributed by atoms with E-state index in [1.54, 1.807) is 6.07 Å². The molecule has 1 aliphatic heterocycles. The molecule has 0 unspecified atom stereocenters. The summed E-state index contributed by atoms with van der Waals surface area (Å²) in [7, 11) is 1.37. The van der Waals surface area contributed by atoms with Crippen LogP contribution in [0.1, 0.15) is 20.8 Å². The van der Waals surface area contributed by atoms with Crippen molar-refractivity contribution in [1.29, 1.82) is 0 Å². The Labute approximate surface area is 85.4 Å². The molecule has 0 aliphatic carbocycles. The zero-order valence-corrected chi connectivity index (χ0v) is 8.50. The molecule has 0 aromatic carbocycles. The van der Waals surface area contributed by atoms with Crippen LogP contribution in [0, 0.1) is 0 Å². The van der Waals surface area contributed by atoms with E-state index in [1.165, 1.54) is 18.4 Å². The average molecular weight is 214 g/mol. The summed E-state index contributed by atoms with van der Waals surface area (Å²) in [6.07, 6.45) is -0.307. The van der Waals surface area contributed by atoms with E-state index >= 15 is 0 Å². The molecule has 0 atom stereocenters. The van der Waals surface area contributed by atoms with Crippen LogP contribution in [0.3, 0.4) is 0 Å². The SMILES string of the molecule is COC(=O)c1ccc(C2OCCO2)s1. The van der Waals surface area contributed by atoms with Crippen molar-refractivity contribution in [1.82, 2.24) is 0 Å². The molecule has 1 fully saturated rings. The van der Waals surface area contributed by atoms with Crippen LogP contribution in [-0.4, -0.2) is 26.3 Å². The molecule has 14 heavy (non-hydrogen) atoms. The molecule has 4 nitrogen and oxygen atoms in total. The molecule has 0 amide bonds. The van der Waals surface area contributed by atoms with Gasteiger partial charge in [-0.05, 0) is 12.1 Å². The van der Waals surface area contributed by atoms with E-state index in [9.17, 15) is 4.79 Å². The Kier molecular flexibility index (Phi) is 2.81. The van der Waals surface area contributed by atoms with Gasteiger partial charge < -0.3 is 14.2 Å². The van der Waals surface area contributed by atoms with Crippen molar-refractivity contribution < 1.29 is 19.0 Å². The van der Waals surface area contributed by atoms with Gasteiger partial charge in [-0.1, -0.05) is 0 Å². The predicted molar refractivity (Wildman–Crippen MR) is 50.3 cm³/mol. The number of carbonyl (C=O) groups excluding carboxylic acids is 1. The summed E-state index contributed by atoms with van der Waals surface area (Å²) in [6, 6.07) is 3.55. The van der Waals surface area contributed by atoms with Crippen LogP contribution in [-0.2, 0) is 14.2 Å². The Hall–Kier alpha value is -0.910. The minimum atomic E-state index is -0.320. The van der Waals surface area contributed by atoms with Crippen LogP contribution in [0.5, 0.6) is 0 Å². The molecule has 0 bridgehead atoms. The number of carbonyl (C=O) groups is 1. The fourth-order valence-electron chi connectivity index (χ4n) is 1.21. The van der Waals surface area contributed by atoms with Crippen LogP contribution < -0.4 is 0 Å². The Morgan fingerprint density at radius 1 is 1.50 bits per heavy atom. The van der Waals surface area contributed by atoms with E-state index in [0.29, 0.717) is 18.1 Å². The molecule has 5 heteroatoms. The van der Waals surface area contributed by atoms with Gasteiger partial charge in [-0.2, -0.15) is 0 Å². The smallest absolute Gasteiger partial charge is 0.348 e. The Balaban J connectivity index is 2.12. The second-order valence-electron chi connectivity index (χ2n) is 2.77. The highest BCUT2D eigenvalue weighted by Crippen LogP contribution is 2.29. The summed E-state index contributed by atoms with van der Waals surface area (Å²) in [4.78, 5) is 12.6. The quantitative estimate of drug-likeness (QED) is 0.701. The molecular formula is C9H10O4S. The lowest BCUT2D eigenvalue weighted by Crippen LogP contribution is -1.97. The van der Waals surface area contributed by atoms with Gasteiger partial charge in [-0.15, -0.1) is 11.3 Å². The first kappa shape index (κ1) is 9.64. The highest BCUT2D eigenvalue weighted by atomic mass is 32.1. The first-order valence-electron chi connectivity index (χ1n) is 4.22. The molecule has 1 aromatic heterocycles. The van der Waals surface area contributed by atoms with Gasteiger partial charge in [0.15, 0.2) is 6.29 Å². The van der Waals surface area contributed by atoms with Gasteiger partial charge in [-0.3, -0.25) is 0 Å². The number of hydrogen-bond acceptors (Lipinski definition) is 5. The Bertz CT molecular complexity index is 327. The van der Waals surface area contributed by atoms with E-state index in [2.05, 4.69) is 4.74 Å². The van der Waals surface area contributed by atoms with E-state index in [0.717, 1.165) is 4.88 Å². The molecule has 76 valence electrons.